The summed E-state index contributed by atoms with van der Waals surface area (Å²) >= 11 is 5.85. The molecule has 0 saturated heterocycles. The molecule has 1 aromatic carbocycles. The van der Waals surface area contributed by atoms with Gasteiger partial charge in [-0.15, -0.1) is 10.2 Å². The molecule has 122 valence electrons. The first kappa shape index (κ1) is 17.1. The fourth-order valence-electron chi connectivity index (χ4n) is 1.79. The van der Waals surface area contributed by atoms with Crippen molar-refractivity contribution in [2.24, 2.45) is 0 Å². The molecule has 0 aliphatic heterocycles. The van der Waals surface area contributed by atoms with Crippen LogP contribution < -0.4 is 10.6 Å². The second-order valence-corrected chi connectivity index (χ2v) is 5.49. The van der Waals surface area contributed by atoms with Crippen LogP contribution in [0, 0.1) is 5.82 Å². The van der Waals surface area contributed by atoms with E-state index < -0.39 is 11.7 Å². The molecule has 1 amide bonds. The van der Waals surface area contributed by atoms with E-state index in [4.69, 9.17) is 11.6 Å². The maximum Gasteiger partial charge on any atom is 0.261 e. The van der Waals surface area contributed by atoms with Crippen molar-refractivity contribution in [1.29, 1.82) is 0 Å². The van der Waals surface area contributed by atoms with E-state index in [1.54, 1.807) is 12.1 Å². The molecule has 2 N–H and O–H groups in total. The molecule has 0 fully saturated rings. The van der Waals surface area contributed by atoms with Gasteiger partial charge in [-0.25, -0.2) is 4.39 Å². The molecule has 0 aliphatic rings. The molecule has 0 aliphatic carbocycles. The van der Waals surface area contributed by atoms with E-state index in [-0.39, 0.29) is 16.4 Å². The molecule has 0 spiro atoms. The van der Waals surface area contributed by atoms with E-state index in [0.717, 1.165) is 13.1 Å². The number of carbonyl (C=O) groups is 1. The van der Waals surface area contributed by atoms with E-state index in [9.17, 15) is 9.18 Å². The second kappa shape index (κ2) is 7.85. The number of nitrogens with zero attached hydrogens (tertiary/aromatic N) is 3. The number of nitrogens with one attached hydrogen (secondary N) is 2. The molecule has 6 nitrogen and oxygen atoms in total. The molecule has 23 heavy (non-hydrogen) atoms. The van der Waals surface area contributed by atoms with Gasteiger partial charge >= 0.3 is 0 Å². The van der Waals surface area contributed by atoms with Crippen LogP contribution in [0.2, 0.25) is 5.02 Å². The molecular formula is C15H17ClFN5O. The molecule has 8 heteroatoms. The Morgan fingerprint density at radius 3 is 2.52 bits per heavy atom. The third-order valence-corrected chi connectivity index (χ3v) is 3.28. The highest BCUT2D eigenvalue weighted by Crippen LogP contribution is 2.20. The highest BCUT2D eigenvalue weighted by Gasteiger charge is 2.16. The van der Waals surface area contributed by atoms with E-state index in [0.29, 0.717) is 5.82 Å². The van der Waals surface area contributed by atoms with Gasteiger partial charge in [0.05, 0.1) is 10.6 Å². The van der Waals surface area contributed by atoms with Crippen LogP contribution >= 0.6 is 11.6 Å². The molecular weight excluding hydrogens is 321 g/mol. The number of likely N-dealkylation sites (N-methyl/N-ethyl adjacent to an activating group) is 1. The van der Waals surface area contributed by atoms with Crippen molar-refractivity contribution < 1.29 is 9.18 Å². The lowest BCUT2D eigenvalue weighted by atomic mass is 10.2. The number of aromatic nitrogens is 2. The second-order valence-electron chi connectivity index (χ2n) is 5.08. The Balaban J connectivity index is 1.99. The van der Waals surface area contributed by atoms with Gasteiger partial charge in [-0.3, -0.25) is 4.79 Å². The van der Waals surface area contributed by atoms with Crippen LogP contribution in [-0.2, 0) is 0 Å². The fourth-order valence-corrected chi connectivity index (χ4v) is 2.04. The summed E-state index contributed by atoms with van der Waals surface area (Å²) in [6.45, 7) is 1.57. The van der Waals surface area contributed by atoms with E-state index in [1.807, 2.05) is 19.0 Å². The number of halogens is 2. The number of anilines is 2. The van der Waals surface area contributed by atoms with Gasteiger partial charge in [0.1, 0.15) is 11.6 Å². The van der Waals surface area contributed by atoms with Gasteiger partial charge in [0.15, 0.2) is 5.82 Å². The van der Waals surface area contributed by atoms with Crippen LogP contribution in [0.3, 0.4) is 0 Å². The monoisotopic (exact) mass is 337 g/mol. The van der Waals surface area contributed by atoms with Gasteiger partial charge in [0.25, 0.3) is 5.91 Å². The number of carbonyl (C=O) groups excluding carboxylic acids is 1. The van der Waals surface area contributed by atoms with Gasteiger partial charge in [-0.2, -0.15) is 0 Å². The largest absolute Gasteiger partial charge is 0.367 e. The number of rotatable bonds is 6. The van der Waals surface area contributed by atoms with E-state index in [2.05, 4.69) is 20.8 Å². The summed E-state index contributed by atoms with van der Waals surface area (Å²) in [6.07, 6.45) is 0. The Kier molecular flexibility index (Phi) is 5.84. The topological polar surface area (TPSA) is 70.2 Å². The standard InChI is InChI=1S/C15H17ClFN5O/c1-22(2)9-8-18-12-6-7-13(21-20-12)19-15(23)14-10(16)4-3-5-11(14)17/h3-7H,8-9H2,1-2H3,(H,18,20)(H,19,21,23). The van der Waals surface area contributed by atoms with E-state index >= 15 is 0 Å². The van der Waals surface area contributed by atoms with Crippen LogP contribution in [0.15, 0.2) is 30.3 Å². The average molecular weight is 338 g/mol. The molecule has 2 aromatic rings. The van der Waals surface area contributed by atoms with Gasteiger partial charge in [-0.05, 0) is 38.4 Å². The van der Waals surface area contributed by atoms with Crippen LogP contribution in [0.1, 0.15) is 10.4 Å². The van der Waals surface area contributed by atoms with Crippen LogP contribution in [-0.4, -0.2) is 48.2 Å². The zero-order valence-corrected chi connectivity index (χ0v) is 13.6. The Labute approximate surface area is 138 Å². The smallest absolute Gasteiger partial charge is 0.261 e. The summed E-state index contributed by atoms with van der Waals surface area (Å²) < 4.78 is 13.7. The fraction of sp³-hybridized carbons (Fsp3) is 0.267. The maximum absolute atomic E-state index is 13.7. The first-order chi connectivity index (χ1) is 11.0. The summed E-state index contributed by atoms with van der Waals surface area (Å²) in [6, 6.07) is 7.31. The van der Waals surface area contributed by atoms with E-state index in [1.165, 1.54) is 18.2 Å². The predicted octanol–water partition coefficient (Wildman–Crippen LogP) is 2.49. The van der Waals surface area contributed by atoms with Gasteiger partial charge in [0.2, 0.25) is 0 Å². The minimum Gasteiger partial charge on any atom is -0.367 e. The van der Waals surface area contributed by atoms with Gasteiger partial charge in [-0.1, -0.05) is 17.7 Å². The third kappa shape index (κ3) is 4.87. The first-order valence-electron chi connectivity index (χ1n) is 6.95. The molecule has 0 unspecified atom stereocenters. The molecule has 0 radical (unpaired) electrons. The van der Waals surface area contributed by atoms with Crippen LogP contribution in [0.5, 0.6) is 0 Å². The van der Waals surface area contributed by atoms with Gasteiger partial charge in [0, 0.05) is 13.1 Å². The molecule has 0 bridgehead atoms. The Morgan fingerprint density at radius 2 is 1.91 bits per heavy atom. The SMILES string of the molecule is CN(C)CCNc1ccc(NC(=O)c2c(F)cccc2Cl)nn1. The number of hydrogen-bond acceptors (Lipinski definition) is 5. The highest BCUT2D eigenvalue weighted by molar-refractivity contribution is 6.34. The van der Waals surface area contributed by atoms with Crippen molar-refractivity contribution in [3.63, 3.8) is 0 Å². The molecule has 1 heterocycles. The average Bonchev–Trinajstić information content (AvgIpc) is 2.48. The summed E-state index contributed by atoms with van der Waals surface area (Å²) in [4.78, 5) is 14.1. The molecule has 2 rings (SSSR count). The molecule has 0 saturated carbocycles. The molecule has 0 atom stereocenters. The maximum atomic E-state index is 13.7. The van der Waals surface area contributed by atoms with Crippen molar-refractivity contribution in [3.05, 3.63) is 46.7 Å². The van der Waals surface area contributed by atoms with Crippen LogP contribution in [0.25, 0.3) is 0 Å². The number of hydrogen-bond donors (Lipinski definition) is 2. The highest BCUT2D eigenvalue weighted by atomic mass is 35.5. The summed E-state index contributed by atoms with van der Waals surface area (Å²) in [5.74, 6) is -0.554. The lowest BCUT2D eigenvalue weighted by Crippen LogP contribution is -2.21. The van der Waals surface area contributed by atoms with Crippen molar-refractivity contribution >= 4 is 29.1 Å². The summed E-state index contributed by atoms with van der Waals surface area (Å²) in [5.41, 5.74) is -0.218. The van der Waals surface area contributed by atoms with Crippen molar-refractivity contribution in [2.45, 2.75) is 0 Å². The number of benzene rings is 1. The quantitative estimate of drug-likeness (QED) is 0.847. The third-order valence-electron chi connectivity index (χ3n) is 2.96. The predicted molar refractivity (Wildman–Crippen MR) is 88.4 cm³/mol. The first-order valence-corrected chi connectivity index (χ1v) is 7.33. The lowest BCUT2D eigenvalue weighted by molar-refractivity contribution is 0.102. The lowest BCUT2D eigenvalue weighted by Gasteiger charge is -2.11. The van der Waals surface area contributed by atoms with Gasteiger partial charge < -0.3 is 15.5 Å². The summed E-state index contributed by atoms with van der Waals surface area (Å²) in [7, 11) is 3.94. The van der Waals surface area contributed by atoms with Crippen molar-refractivity contribution in [1.82, 2.24) is 15.1 Å². The number of amides is 1. The van der Waals surface area contributed by atoms with Crippen LogP contribution in [0.4, 0.5) is 16.0 Å². The normalized spacial score (nSPS) is 10.7. The van der Waals surface area contributed by atoms with Crippen molar-refractivity contribution in [2.75, 3.05) is 37.8 Å². The zero-order valence-electron chi connectivity index (χ0n) is 12.8. The zero-order chi connectivity index (χ0) is 16.8. The Bertz CT molecular complexity index is 658. The minimum absolute atomic E-state index is 0.0393. The van der Waals surface area contributed by atoms with Crippen molar-refractivity contribution in [3.8, 4) is 0 Å². The Morgan fingerprint density at radius 1 is 1.22 bits per heavy atom. The Hall–Kier alpha value is -2.25. The minimum atomic E-state index is -0.690. The molecule has 1 aromatic heterocycles. The summed E-state index contributed by atoms with van der Waals surface area (Å²) in [5, 5.41) is 13.4.